The lowest BCUT2D eigenvalue weighted by Crippen LogP contribution is -2.27. The smallest absolute Gasteiger partial charge is 0.336 e. The number of likely N-dealkylation sites (N-methyl/N-ethyl adjacent to an activating group) is 1. The van der Waals surface area contributed by atoms with Crippen LogP contribution in [-0.2, 0) is 16.0 Å². The van der Waals surface area contributed by atoms with Gasteiger partial charge in [-0.15, -0.1) is 0 Å². The summed E-state index contributed by atoms with van der Waals surface area (Å²) in [5.74, 6) is 0.211. The van der Waals surface area contributed by atoms with Crippen molar-refractivity contribution in [2.45, 2.75) is 19.3 Å². The van der Waals surface area contributed by atoms with E-state index in [-0.39, 0.29) is 5.69 Å². The standard InChI is InChI=1S/C23H26N2O6/c1-5-24-11-10-16-12-20(29-2)21(30-3)13-18(16)22(19(14-24)23(26)31-4)15-6-8-17(9-7-15)25(27)28/h6-9,12-14,22H,5,10-11H2,1-4H3/b19-14+. The van der Waals surface area contributed by atoms with E-state index in [4.69, 9.17) is 14.2 Å². The maximum atomic E-state index is 12.9. The second-order valence-electron chi connectivity index (χ2n) is 7.14. The summed E-state index contributed by atoms with van der Waals surface area (Å²) in [6.07, 6.45) is 2.57. The lowest BCUT2D eigenvalue weighted by atomic mass is 9.81. The third-order valence-electron chi connectivity index (χ3n) is 5.52. The number of nitro groups is 1. The maximum absolute atomic E-state index is 12.9. The highest BCUT2D eigenvalue weighted by Crippen LogP contribution is 2.41. The van der Waals surface area contributed by atoms with Crippen molar-refractivity contribution in [2.24, 2.45) is 0 Å². The Morgan fingerprint density at radius 1 is 1.13 bits per heavy atom. The molecule has 0 fully saturated rings. The molecule has 0 saturated carbocycles. The average Bonchev–Trinajstić information content (AvgIpc) is 2.79. The van der Waals surface area contributed by atoms with E-state index in [1.165, 1.54) is 19.2 Å². The minimum atomic E-state index is -0.489. The third kappa shape index (κ3) is 4.47. The molecule has 31 heavy (non-hydrogen) atoms. The van der Waals surface area contributed by atoms with Gasteiger partial charge in [0.25, 0.3) is 5.69 Å². The number of carbonyl (C=O) groups is 1. The highest BCUT2D eigenvalue weighted by atomic mass is 16.6. The average molecular weight is 426 g/mol. The molecule has 0 saturated heterocycles. The quantitative estimate of drug-likeness (QED) is 0.395. The Balaban J connectivity index is 2.29. The number of hydrogen-bond donors (Lipinski definition) is 0. The van der Waals surface area contributed by atoms with Crippen molar-refractivity contribution in [3.8, 4) is 11.5 Å². The zero-order valence-corrected chi connectivity index (χ0v) is 18.1. The Kier molecular flexibility index (Phi) is 6.79. The summed E-state index contributed by atoms with van der Waals surface area (Å²) in [4.78, 5) is 25.6. The molecular weight excluding hydrogens is 400 g/mol. The Morgan fingerprint density at radius 2 is 1.77 bits per heavy atom. The molecular formula is C23H26N2O6. The third-order valence-corrected chi connectivity index (χ3v) is 5.52. The molecule has 1 aliphatic rings. The zero-order valence-electron chi connectivity index (χ0n) is 18.1. The van der Waals surface area contributed by atoms with Crippen molar-refractivity contribution in [2.75, 3.05) is 34.4 Å². The van der Waals surface area contributed by atoms with E-state index >= 15 is 0 Å². The minimum Gasteiger partial charge on any atom is -0.493 e. The Morgan fingerprint density at radius 3 is 2.32 bits per heavy atom. The number of esters is 1. The summed E-state index contributed by atoms with van der Waals surface area (Å²) in [6.45, 7) is 3.45. The van der Waals surface area contributed by atoms with Crippen LogP contribution in [0, 0.1) is 10.1 Å². The van der Waals surface area contributed by atoms with Crippen LogP contribution in [0.15, 0.2) is 48.2 Å². The van der Waals surface area contributed by atoms with Crippen LogP contribution in [0.25, 0.3) is 0 Å². The summed E-state index contributed by atoms with van der Waals surface area (Å²) in [5.41, 5.74) is 3.06. The Hall–Kier alpha value is -3.55. The second kappa shape index (κ2) is 9.51. The van der Waals surface area contributed by atoms with Gasteiger partial charge in [0.1, 0.15) is 0 Å². The molecule has 0 aliphatic carbocycles. The van der Waals surface area contributed by atoms with Gasteiger partial charge in [-0.2, -0.15) is 0 Å². The summed E-state index contributed by atoms with van der Waals surface area (Å²) in [5, 5.41) is 11.1. The van der Waals surface area contributed by atoms with Gasteiger partial charge in [0.2, 0.25) is 0 Å². The molecule has 8 heteroatoms. The molecule has 1 atom stereocenters. The molecule has 2 aromatic rings. The van der Waals surface area contributed by atoms with E-state index in [2.05, 4.69) is 4.90 Å². The molecule has 164 valence electrons. The van der Waals surface area contributed by atoms with Crippen molar-refractivity contribution in [1.82, 2.24) is 4.90 Å². The number of hydrogen-bond acceptors (Lipinski definition) is 7. The largest absolute Gasteiger partial charge is 0.493 e. The number of ether oxygens (including phenoxy) is 3. The topological polar surface area (TPSA) is 91.1 Å². The van der Waals surface area contributed by atoms with Gasteiger partial charge in [0, 0.05) is 37.3 Å². The normalized spacial score (nSPS) is 17.5. The van der Waals surface area contributed by atoms with Gasteiger partial charge in [0.15, 0.2) is 11.5 Å². The highest BCUT2D eigenvalue weighted by Gasteiger charge is 2.31. The van der Waals surface area contributed by atoms with Crippen molar-refractivity contribution in [3.05, 3.63) is 75.0 Å². The fourth-order valence-electron chi connectivity index (χ4n) is 3.87. The molecule has 8 nitrogen and oxygen atoms in total. The van der Waals surface area contributed by atoms with E-state index in [1.54, 1.807) is 26.4 Å². The van der Waals surface area contributed by atoms with Crippen LogP contribution in [0.1, 0.15) is 29.5 Å². The predicted molar refractivity (Wildman–Crippen MR) is 116 cm³/mol. The Labute approximate surface area is 181 Å². The van der Waals surface area contributed by atoms with Gasteiger partial charge in [-0.1, -0.05) is 12.1 Å². The zero-order chi connectivity index (χ0) is 22.5. The summed E-state index contributed by atoms with van der Waals surface area (Å²) in [7, 11) is 4.49. The van der Waals surface area contributed by atoms with E-state index in [1.807, 2.05) is 25.3 Å². The molecule has 0 spiro atoms. The van der Waals surface area contributed by atoms with Gasteiger partial charge in [-0.05, 0) is 42.2 Å². The van der Waals surface area contributed by atoms with Crippen molar-refractivity contribution in [3.63, 3.8) is 0 Å². The van der Waals surface area contributed by atoms with E-state index in [0.29, 0.717) is 23.6 Å². The first-order valence-electron chi connectivity index (χ1n) is 9.96. The van der Waals surface area contributed by atoms with E-state index in [0.717, 1.165) is 29.7 Å². The van der Waals surface area contributed by atoms with Crippen LogP contribution >= 0.6 is 0 Å². The molecule has 3 rings (SSSR count). The molecule has 2 aromatic carbocycles. The number of carbonyl (C=O) groups excluding carboxylic acids is 1. The summed E-state index contributed by atoms with van der Waals surface area (Å²) < 4.78 is 16.1. The van der Waals surface area contributed by atoms with Crippen molar-refractivity contribution in [1.29, 1.82) is 0 Å². The molecule has 0 bridgehead atoms. The molecule has 1 heterocycles. The van der Waals surface area contributed by atoms with Crippen LogP contribution in [0.5, 0.6) is 11.5 Å². The Bertz CT molecular complexity index is 1000. The molecule has 1 aliphatic heterocycles. The van der Waals surface area contributed by atoms with Crippen LogP contribution in [0.3, 0.4) is 0 Å². The summed E-state index contributed by atoms with van der Waals surface area (Å²) in [6, 6.07) is 10.1. The van der Waals surface area contributed by atoms with Crippen LogP contribution in [0.4, 0.5) is 5.69 Å². The monoisotopic (exact) mass is 426 g/mol. The van der Waals surface area contributed by atoms with Gasteiger partial charge >= 0.3 is 5.97 Å². The molecule has 1 unspecified atom stereocenters. The number of fused-ring (bicyclic) bond motifs is 1. The number of rotatable bonds is 6. The van der Waals surface area contributed by atoms with Crippen molar-refractivity contribution < 1.29 is 23.9 Å². The van der Waals surface area contributed by atoms with Crippen LogP contribution in [-0.4, -0.2) is 50.2 Å². The molecule has 0 radical (unpaired) electrons. The second-order valence-corrected chi connectivity index (χ2v) is 7.14. The summed E-state index contributed by atoms with van der Waals surface area (Å²) >= 11 is 0. The number of non-ortho nitro benzene ring substituents is 1. The van der Waals surface area contributed by atoms with Gasteiger partial charge < -0.3 is 19.1 Å². The predicted octanol–water partition coefficient (Wildman–Crippen LogP) is 3.68. The molecule has 0 amide bonds. The first-order chi connectivity index (χ1) is 14.9. The number of nitro benzene ring substituents is 1. The van der Waals surface area contributed by atoms with Gasteiger partial charge in [-0.25, -0.2) is 4.79 Å². The minimum absolute atomic E-state index is 0.0130. The lowest BCUT2D eigenvalue weighted by Gasteiger charge is -2.30. The van der Waals surface area contributed by atoms with E-state index < -0.39 is 16.8 Å². The molecule has 0 aromatic heterocycles. The molecule has 0 N–H and O–H groups in total. The highest BCUT2D eigenvalue weighted by molar-refractivity contribution is 5.91. The number of methoxy groups -OCH3 is 3. The van der Waals surface area contributed by atoms with Gasteiger partial charge in [-0.3, -0.25) is 10.1 Å². The van der Waals surface area contributed by atoms with Crippen LogP contribution < -0.4 is 9.47 Å². The van der Waals surface area contributed by atoms with E-state index in [9.17, 15) is 14.9 Å². The van der Waals surface area contributed by atoms with Crippen LogP contribution in [0.2, 0.25) is 0 Å². The fourth-order valence-corrected chi connectivity index (χ4v) is 3.87. The SMILES string of the molecule is CCN1/C=C(/C(=O)OC)C(c2ccc([N+](=O)[O-])cc2)c2cc(OC)c(OC)cc2CC1. The maximum Gasteiger partial charge on any atom is 0.336 e. The number of benzene rings is 2. The number of nitrogens with zero attached hydrogens (tertiary/aromatic N) is 2. The van der Waals surface area contributed by atoms with Gasteiger partial charge in [0.05, 0.1) is 31.8 Å². The first-order valence-corrected chi connectivity index (χ1v) is 9.96. The lowest BCUT2D eigenvalue weighted by molar-refractivity contribution is -0.384. The fraction of sp³-hybridized carbons (Fsp3) is 0.348. The van der Waals surface area contributed by atoms with Crippen molar-refractivity contribution >= 4 is 11.7 Å². The first kappa shape index (κ1) is 22.1.